The summed E-state index contributed by atoms with van der Waals surface area (Å²) in [4.78, 5) is 31.0. The number of hydrogen-bond donors (Lipinski definition) is 2. The van der Waals surface area contributed by atoms with Crippen LogP contribution in [0, 0.1) is 12.8 Å². The van der Waals surface area contributed by atoms with Crippen LogP contribution in [0.25, 0.3) is 0 Å². The Labute approximate surface area is 182 Å². The van der Waals surface area contributed by atoms with Crippen LogP contribution in [-0.2, 0) is 9.59 Å². The van der Waals surface area contributed by atoms with Crippen molar-refractivity contribution >= 4 is 17.5 Å². The van der Waals surface area contributed by atoms with Crippen molar-refractivity contribution in [3.05, 3.63) is 76.3 Å². The highest BCUT2D eigenvalue weighted by atomic mass is 16.5. The number of methoxy groups -OCH3 is 1. The molecule has 0 bridgehead atoms. The summed E-state index contributed by atoms with van der Waals surface area (Å²) in [5, 5.41) is 6.28. The molecule has 4 rings (SSSR count). The predicted molar refractivity (Wildman–Crippen MR) is 120 cm³/mol. The molecule has 1 aromatic carbocycles. The number of ether oxygens (including phenoxy) is 1. The zero-order valence-electron chi connectivity index (χ0n) is 18.3. The van der Waals surface area contributed by atoms with E-state index in [0.29, 0.717) is 29.1 Å². The molecule has 160 valence electrons. The number of dihydropyridines is 1. The zero-order chi connectivity index (χ0) is 22.1. The van der Waals surface area contributed by atoms with Crippen LogP contribution >= 0.6 is 0 Å². The van der Waals surface area contributed by atoms with Crippen LogP contribution in [0.5, 0.6) is 5.75 Å². The molecule has 2 aromatic rings. The molecule has 2 atom stereocenters. The first-order valence-electron chi connectivity index (χ1n) is 10.5. The first kappa shape index (κ1) is 20.8. The minimum Gasteiger partial charge on any atom is -0.497 e. The third-order valence-electron chi connectivity index (χ3n) is 5.83. The number of aryl methyl sites for hydroxylation is 1. The van der Waals surface area contributed by atoms with E-state index in [9.17, 15) is 9.59 Å². The highest BCUT2D eigenvalue weighted by molar-refractivity contribution is 6.09. The van der Waals surface area contributed by atoms with Crippen molar-refractivity contribution in [3.63, 3.8) is 0 Å². The minimum absolute atomic E-state index is 0.0838. The van der Waals surface area contributed by atoms with Crippen LogP contribution in [-0.4, -0.2) is 23.8 Å². The summed E-state index contributed by atoms with van der Waals surface area (Å²) in [6.45, 7) is 5.84. The largest absolute Gasteiger partial charge is 0.497 e. The number of ketones is 1. The monoisotopic (exact) mass is 417 g/mol. The topological polar surface area (TPSA) is 80.3 Å². The molecular formula is C25H27N3O3. The van der Waals surface area contributed by atoms with Gasteiger partial charge in [0.1, 0.15) is 11.6 Å². The maximum atomic E-state index is 13.5. The molecule has 2 aliphatic rings. The molecule has 2 heterocycles. The van der Waals surface area contributed by atoms with Gasteiger partial charge in [0.2, 0.25) is 0 Å². The van der Waals surface area contributed by atoms with E-state index in [1.807, 2.05) is 50.2 Å². The van der Waals surface area contributed by atoms with E-state index in [-0.39, 0.29) is 17.6 Å². The molecule has 1 aliphatic carbocycles. The summed E-state index contributed by atoms with van der Waals surface area (Å²) in [5.41, 5.74) is 4.55. The number of aromatic nitrogens is 1. The van der Waals surface area contributed by atoms with Gasteiger partial charge in [-0.05, 0) is 56.0 Å². The van der Waals surface area contributed by atoms with Gasteiger partial charge in [-0.15, -0.1) is 0 Å². The summed E-state index contributed by atoms with van der Waals surface area (Å²) >= 11 is 0. The van der Waals surface area contributed by atoms with Crippen molar-refractivity contribution in [2.75, 3.05) is 12.4 Å². The van der Waals surface area contributed by atoms with E-state index in [0.717, 1.165) is 29.1 Å². The Kier molecular flexibility index (Phi) is 5.63. The fraction of sp³-hybridized carbons (Fsp3) is 0.320. The number of pyridine rings is 1. The number of hydrogen-bond acceptors (Lipinski definition) is 5. The number of anilines is 1. The molecule has 0 unspecified atom stereocenters. The van der Waals surface area contributed by atoms with Crippen molar-refractivity contribution in [2.24, 2.45) is 5.92 Å². The smallest absolute Gasteiger partial charge is 0.255 e. The molecule has 0 saturated heterocycles. The van der Waals surface area contributed by atoms with E-state index >= 15 is 0 Å². The van der Waals surface area contributed by atoms with Gasteiger partial charge in [0.05, 0.1) is 7.11 Å². The number of Topliss-reactive ketones (excluding diaryl/α,β-unsaturated/α-hetero) is 1. The van der Waals surface area contributed by atoms with Gasteiger partial charge in [0.25, 0.3) is 5.91 Å². The Morgan fingerprint density at radius 3 is 2.68 bits per heavy atom. The van der Waals surface area contributed by atoms with Crippen LogP contribution in [0.4, 0.5) is 5.82 Å². The molecule has 1 aromatic heterocycles. The first-order valence-corrected chi connectivity index (χ1v) is 10.5. The van der Waals surface area contributed by atoms with Gasteiger partial charge in [-0.2, -0.15) is 0 Å². The van der Waals surface area contributed by atoms with Crippen molar-refractivity contribution in [1.82, 2.24) is 10.3 Å². The van der Waals surface area contributed by atoms with Crippen LogP contribution < -0.4 is 15.4 Å². The van der Waals surface area contributed by atoms with Crippen molar-refractivity contribution in [1.29, 1.82) is 0 Å². The van der Waals surface area contributed by atoms with E-state index in [1.165, 1.54) is 0 Å². The summed E-state index contributed by atoms with van der Waals surface area (Å²) in [7, 11) is 1.61. The third kappa shape index (κ3) is 4.10. The highest BCUT2D eigenvalue weighted by Crippen LogP contribution is 2.44. The Balaban J connectivity index is 1.81. The normalized spacial score (nSPS) is 20.8. The minimum atomic E-state index is -0.462. The Bertz CT molecular complexity index is 1120. The molecule has 31 heavy (non-hydrogen) atoms. The summed E-state index contributed by atoms with van der Waals surface area (Å²) < 4.78 is 5.41. The third-order valence-corrected chi connectivity index (χ3v) is 5.83. The molecule has 0 fully saturated rings. The second kappa shape index (κ2) is 8.38. The molecule has 0 radical (unpaired) electrons. The fourth-order valence-electron chi connectivity index (χ4n) is 4.49. The maximum Gasteiger partial charge on any atom is 0.255 e. The van der Waals surface area contributed by atoms with Gasteiger partial charge < -0.3 is 15.4 Å². The predicted octanol–water partition coefficient (Wildman–Crippen LogP) is 4.25. The number of allylic oxidation sites excluding steroid dienone is 3. The SMILES string of the molecule is COc1cccc([C@@H]2C(C(=O)Nc3cccc(C)n3)=C(C)NC3=C2C(=O)C[C@H](C)C3)c1. The van der Waals surface area contributed by atoms with Crippen molar-refractivity contribution < 1.29 is 14.3 Å². The lowest BCUT2D eigenvalue weighted by Gasteiger charge is -2.36. The van der Waals surface area contributed by atoms with E-state index in [2.05, 4.69) is 22.5 Å². The Hall–Kier alpha value is -3.41. The highest BCUT2D eigenvalue weighted by Gasteiger charge is 2.40. The first-order chi connectivity index (χ1) is 14.9. The molecule has 2 N–H and O–H groups in total. The van der Waals surface area contributed by atoms with Gasteiger partial charge in [0.15, 0.2) is 5.78 Å². The van der Waals surface area contributed by atoms with E-state index in [1.54, 1.807) is 13.2 Å². The number of carbonyl (C=O) groups excluding carboxylic acids is 2. The lowest BCUT2D eigenvalue weighted by molar-refractivity contribution is -0.117. The average Bonchev–Trinajstić information content (AvgIpc) is 2.72. The van der Waals surface area contributed by atoms with Crippen LogP contribution in [0.1, 0.15) is 43.9 Å². The van der Waals surface area contributed by atoms with Crippen LogP contribution in [0.3, 0.4) is 0 Å². The Morgan fingerprint density at radius 2 is 1.94 bits per heavy atom. The van der Waals surface area contributed by atoms with Crippen molar-refractivity contribution in [3.8, 4) is 5.75 Å². The van der Waals surface area contributed by atoms with E-state index < -0.39 is 5.92 Å². The van der Waals surface area contributed by atoms with Crippen LogP contribution in [0.2, 0.25) is 0 Å². The molecule has 1 amide bonds. The average molecular weight is 418 g/mol. The van der Waals surface area contributed by atoms with Gasteiger partial charge in [0, 0.05) is 40.6 Å². The number of amides is 1. The van der Waals surface area contributed by atoms with Gasteiger partial charge in [-0.1, -0.05) is 25.1 Å². The van der Waals surface area contributed by atoms with E-state index in [4.69, 9.17) is 4.74 Å². The number of nitrogens with zero attached hydrogens (tertiary/aromatic N) is 1. The molecule has 0 saturated carbocycles. The standard InChI is InChI=1S/C25H27N3O3/c1-14-11-19-24(20(29)12-14)23(17-8-6-9-18(13-17)31-4)22(16(3)27-19)25(30)28-21-10-5-7-15(2)26-21/h5-10,13-14,23,27H,11-12H2,1-4H3,(H,26,28,30)/t14-,23-/m1/s1. The zero-order valence-corrected chi connectivity index (χ0v) is 18.3. The van der Waals surface area contributed by atoms with Gasteiger partial charge in [-0.25, -0.2) is 4.98 Å². The summed E-state index contributed by atoms with van der Waals surface area (Å²) in [6.07, 6.45) is 1.27. The molecule has 1 aliphatic heterocycles. The Morgan fingerprint density at radius 1 is 1.16 bits per heavy atom. The number of carbonyl (C=O) groups is 2. The summed E-state index contributed by atoms with van der Waals surface area (Å²) in [6, 6.07) is 13.1. The maximum absolute atomic E-state index is 13.5. The number of nitrogens with one attached hydrogen (secondary N) is 2. The van der Waals surface area contributed by atoms with Crippen molar-refractivity contribution in [2.45, 2.75) is 39.5 Å². The second-order valence-electron chi connectivity index (χ2n) is 8.32. The molecule has 6 heteroatoms. The quantitative estimate of drug-likeness (QED) is 0.777. The second-order valence-corrected chi connectivity index (χ2v) is 8.32. The van der Waals surface area contributed by atoms with Gasteiger partial charge in [-0.3, -0.25) is 9.59 Å². The van der Waals surface area contributed by atoms with Crippen LogP contribution in [0.15, 0.2) is 65.0 Å². The van der Waals surface area contributed by atoms with Gasteiger partial charge >= 0.3 is 0 Å². The molecule has 6 nitrogen and oxygen atoms in total. The number of benzene rings is 1. The lowest BCUT2D eigenvalue weighted by atomic mass is 9.73. The summed E-state index contributed by atoms with van der Waals surface area (Å²) in [5.74, 6) is 0.792. The number of rotatable bonds is 4. The fourth-order valence-corrected chi connectivity index (χ4v) is 4.49. The lowest BCUT2D eigenvalue weighted by Crippen LogP contribution is -2.37. The molecular weight excluding hydrogens is 390 g/mol. The molecule has 0 spiro atoms.